The summed E-state index contributed by atoms with van der Waals surface area (Å²) in [5, 5.41) is 14.2. The van der Waals surface area contributed by atoms with Gasteiger partial charge < -0.3 is 19.9 Å². The Bertz CT molecular complexity index is 744. The van der Waals surface area contributed by atoms with E-state index in [4.69, 9.17) is 0 Å². The van der Waals surface area contributed by atoms with E-state index in [1.54, 1.807) is 6.20 Å². The van der Waals surface area contributed by atoms with Crippen LogP contribution in [0, 0.1) is 0 Å². The van der Waals surface area contributed by atoms with E-state index in [-0.39, 0.29) is 18.1 Å². The number of hydrogen-bond acceptors (Lipinski definition) is 3. The summed E-state index contributed by atoms with van der Waals surface area (Å²) in [5.41, 5.74) is 0.144. The Hall–Kier alpha value is -2.34. The molecule has 2 N–H and O–H groups in total. The number of rotatable bonds is 3. The number of imidazole rings is 1. The molecule has 1 unspecified atom stereocenters. The van der Waals surface area contributed by atoms with E-state index in [1.165, 1.54) is 0 Å². The van der Waals surface area contributed by atoms with Gasteiger partial charge in [-0.25, -0.2) is 9.78 Å². The largest absolute Gasteiger partial charge is 0.382 e. The van der Waals surface area contributed by atoms with Crippen LogP contribution in [0.3, 0.4) is 0 Å². The van der Waals surface area contributed by atoms with Crippen molar-refractivity contribution in [1.29, 1.82) is 0 Å². The van der Waals surface area contributed by atoms with Crippen molar-refractivity contribution in [2.75, 3.05) is 0 Å². The van der Waals surface area contributed by atoms with Gasteiger partial charge in [-0.05, 0) is 18.4 Å². The first-order valence-corrected chi connectivity index (χ1v) is 8.87. The van der Waals surface area contributed by atoms with Crippen LogP contribution in [0.4, 0.5) is 4.79 Å². The van der Waals surface area contributed by atoms with Gasteiger partial charge in [-0.15, -0.1) is 0 Å². The number of nitrogens with one attached hydrogen (secondary N) is 1. The van der Waals surface area contributed by atoms with E-state index >= 15 is 0 Å². The number of aromatic nitrogens is 2. The Balaban J connectivity index is 1.45. The van der Waals surface area contributed by atoms with Gasteiger partial charge in [0.25, 0.3) is 0 Å². The van der Waals surface area contributed by atoms with Crippen molar-refractivity contribution < 1.29 is 9.90 Å². The van der Waals surface area contributed by atoms with E-state index in [1.807, 2.05) is 53.0 Å². The van der Waals surface area contributed by atoms with Crippen molar-refractivity contribution in [3.8, 4) is 0 Å². The van der Waals surface area contributed by atoms with Crippen LogP contribution in [-0.4, -0.2) is 37.7 Å². The summed E-state index contributed by atoms with van der Waals surface area (Å²) in [6.07, 6.45) is 6.55. The monoisotopic (exact) mass is 340 g/mol. The predicted octanol–water partition coefficient (Wildman–Crippen LogP) is 2.14. The number of aryl methyl sites for hydroxylation is 1. The van der Waals surface area contributed by atoms with Gasteiger partial charge in [0.05, 0.1) is 0 Å². The molecule has 6 heteroatoms. The molecule has 2 aliphatic rings. The average Bonchev–Trinajstić information content (AvgIpc) is 3.16. The van der Waals surface area contributed by atoms with Crippen LogP contribution in [0.15, 0.2) is 42.7 Å². The third-order valence-electron chi connectivity index (χ3n) is 5.53. The molecule has 1 aromatic carbocycles. The van der Waals surface area contributed by atoms with Gasteiger partial charge in [0.2, 0.25) is 0 Å². The molecule has 2 fully saturated rings. The SMILES string of the molecule is Cn1ccnc1C1(O)C[C@H]2CC[C@@H](C1)N2C(=O)NCc1ccccc1. The predicted molar refractivity (Wildman–Crippen MR) is 93.7 cm³/mol. The Morgan fingerprint density at radius 2 is 1.96 bits per heavy atom. The van der Waals surface area contributed by atoms with Crippen molar-refractivity contribution in [3.63, 3.8) is 0 Å². The molecule has 4 rings (SSSR count). The van der Waals surface area contributed by atoms with Crippen LogP contribution in [-0.2, 0) is 19.2 Å². The zero-order valence-corrected chi connectivity index (χ0v) is 14.4. The number of nitrogens with zero attached hydrogens (tertiary/aromatic N) is 3. The molecule has 1 aromatic heterocycles. The maximum absolute atomic E-state index is 12.7. The number of urea groups is 1. The Morgan fingerprint density at radius 3 is 2.56 bits per heavy atom. The number of aliphatic hydroxyl groups is 1. The second-order valence-corrected chi connectivity index (χ2v) is 7.24. The lowest BCUT2D eigenvalue weighted by atomic mass is 9.85. The number of piperidine rings is 1. The van der Waals surface area contributed by atoms with Crippen molar-refractivity contribution in [1.82, 2.24) is 19.8 Å². The van der Waals surface area contributed by atoms with Crippen LogP contribution >= 0.6 is 0 Å². The summed E-state index contributed by atoms with van der Waals surface area (Å²) in [5.74, 6) is 0.703. The van der Waals surface area contributed by atoms with E-state index in [0.29, 0.717) is 25.2 Å². The number of fused-ring (bicyclic) bond motifs is 2. The van der Waals surface area contributed by atoms with E-state index in [0.717, 1.165) is 18.4 Å². The highest BCUT2D eigenvalue weighted by atomic mass is 16.3. The molecular weight excluding hydrogens is 316 g/mol. The van der Waals surface area contributed by atoms with Crippen molar-refractivity contribution >= 4 is 6.03 Å². The fourth-order valence-corrected chi connectivity index (χ4v) is 4.42. The molecule has 0 spiro atoms. The molecule has 2 amide bonds. The Morgan fingerprint density at radius 1 is 1.28 bits per heavy atom. The number of carbonyl (C=O) groups excluding carboxylic acids is 1. The standard InChI is InChI=1S/C19H24N4O2/c1-22-10-9-20-17(22)19(25)11-15-7-8-16(12-19)23(15)18(24)21-13-14-5-3-2-4-6-14/h2-6,9-10,15-16,25H,7-8,11-13H2,1H3,(H,21,24)/t15-,16+,19?. The molecule has 25 heavy (non-hydrogen) atoms. The van der Waals surface area contributed by atoms with Gasteiger partial charge >= 0.3 is 6.03 Å². The summed E-state index contributed by atoms with van der Waals surface area (Å²) in [7, 11) is 1.90. The molecule has 2 aromatic rings. The number of hydrogen-bond donors (Lipinski definition) is 2. The second kappa shape index (κ2) is 6.19. The highest BCUT2D eigenvalue weighted by Gasteiger charge is 2.51. The van der Waals surface area contributed by atoms with Gasteiger partial charge in [-0.2, -0.15) is 0 Å². The molecule has 3 heterocycles. The molecule has 3 atom stereocenters. The first-order valence-electron chi connectivity index (χ1n) is 8.87. The molecule has 2 saturated heterocycles. The number of benzene rings is 1. The second-order valence-electron chi connectivity index (χ2n) is 7.24. The van der Waals surface area contributed by atoms with Crippen molar-refractivity contribution in [2.45, 2.75) is 49.9 Å². The molecule has 2 aliphatic heterocycles. The summed E-state index contributed by atoms with van der Waals surface area (Å²) >= 11 is 0. The van der Waals surface area contributed by atoms with Gasteiger partial charge in [-0.1, -0.05) is 30.3 Å². The summed E-state index contributed by atoms with van der Waals surface area (Å²) < 4.78 is 1.88. The van der Waals surface area contributed by atoms with Crippen LogP contribution in [0.25, 0.3) is 0 Å². The minimum atomic E-state index is -0.944. The zero-order chi connectivity index (χ0) is 17.4. The smallest absolute Gasteiger partial charge is 0.318 e. The van der Waals surface area contributed by atoms with Gasteiger partial charge in [-0.3, -0.25) is 0 Å². The van der Waals surface area contributed by atoms with Crippen LogP contribution < -0.4 is 5.32 Å². The van der Waals surface area contributed by atoms with Crippen molar-refractivity contribution in [3.05, 3.63) is 54.1 Å². The summed E-state index contributed by atoms with van der Waals surface area (Å²) in [6, 6.07) is 10.0. The topological polar surface area (TPSA) is 70.4 Å². The quantitative estimate of drug-likeness (QED) is 0.899. The maximum atomic E-state index is 12.7. The third kappa shape index (κ3) is 2.91. The lowest BCUT2D eigenvalue weighted by Gasteiger charge is -2.43. The van der Waals surface area contributed by atoms with Gasteiger partial charge in [0.1, 0.15) is 11.4 Å². The minimum Gasteiger partial charge on any atom is -0.382 e. The minimum absolute atomic E-state index is 0.0294. The Labute approximate surface area is 147 Å². The lowest BCUT2D eigenvalue weighted by molar-refractivity contribution is -0.0519. The lowest BCUT2D eigenvalue weighted by Crippen LogP contribution is -2.55. The van der Waals surface area contributed by atoms with E-state index in [9.17, 15) is 9.90 Å². The molecule has 6 nitrogen and oxygen atoms in total. The molecule has 0 saturated carbocycles. The van der Waals surface area contributed by atoms with Gasteiger partial charge in [0.15, 0.2) is 0 Å². The number of carbonyl (C=O) groups is 1. The maximum Gasteiger partial charge on any atom is 0.318 e. The zero-order valence-electron chi connectivity index (χ0n) is 14.4. The Kier molecular flexibility index (Phi) is 4.00. The van der Waals surface area contributed by atoms with Crippen LogP contribution in [0.2, 0.25) is 0 Å². The fourth-order valence-electron chi connectivity index (χ4n) is 4.42. The van der Waals surface area contributed by atoms with Crippen molar-refractivity contribution in [2.24, 2.45) is 7.05 Å². The first-order chi connectivity index (χ1) is 12.1. The number of amides is 2. The normalized spacial score (nSPS) is 28.2. The van der Waals surface area contributed by atoms with Crippen LogP contribution in [0.5, 0.6) is 0 Å². The summed E-state index contributed by atoms with van der Waals surface area (Å²) in [6.45, 7) is 0.527. The first kappa shape index (κ1) is 16.1. The van der Waals surface area contributed by atoms with E-state index in [2.05, 4.69) is 10.3 Å². The van der Waals surface area contributed by atoms with Gasteiger partial charge in [0, 0.05) is 50.9 Å². The van der Waals surface area contributed by atoms with Crippen LogP contribution in [0.1, 0.15) is 37.1 Å². The highest BCUT2D eigenvalue weighted by Crippen LogP contribution is 2.45. The fraction of sp³-hybridized carbons (Fsp3) is 0.474. The highest BCUT2D eigenvalue weighted by molar-refractivity contribution is 5.75. The van der Waals surface area contributed by atoms with E-state index < -0.39 is 5.60 Å². The average molecular weight is 340 g/mol. The molecule has 0 aliphatic carbocycles. The molecule has 132 valence electrons. The molecular formula is C19H24N4O2. The third-order valence-corrected chi connectivity index (χ3v) is 5.53. The molecule has 2 bridgehead atoms. The summed E-state index contributed by atoms with van der Waals surface area (Å²) in [4.78, 5) is 19.0. The molecule has 0 radical (unpaired) electrons.